The molecule has 0 aliphatic carbocycles. The Labute approximate surface area is 118 Å². The number of carboxylic acids is 1. The maximum absolute atomic E-state index is 10.9. The van der Waals surface area contributed by atoms with Gasteiger partial charge in [0.05, 0.1) is 11.3 Å². The van der Waals surface area contributed by atoms with Crippen molar-refractivity contribution in [2.45, 2.75) is 6.92 Å². The second kappa shape index (κ2) is 5.32. The minimum atomic E-state index is -1.02. The number of aromatic carboxylic acids is 1. The molecule has 0 aromatic heterocycles. The largest absolute Gasteiger partial charge is 0.478 e. The van der Waals surface area contributed by atoms with E-state index in [0.29, 0.717) is 17.2 Å². The van der Waals surface area contributed by atoms with E-state index in [1.165, 1.54) is 18.2 Å². The number of rotatable bonds is 3. The molecule has 5 heteroatoms. The predicted molar refractivity (Wildman–Crippen MR) is 76.8 cm³/mol. The van der Waals surface area contributed by atoms with Crippen molar-refractivity contribution in [3.63, 3.8) is 0 Å². The summed E-state index contributed by atoms with van der Waals surface area (Å²) in [5.41, 5.74) is 7.25. The van der Waals surface area contributed by atoms with E-state index in [1.54, 1.807) is 6.07 Å². The smallest absolute Gasteiger partial charge is 0.335 e. The lowest BCUT2D eigenvalue weighted by Gasteiger charge is -2.11. The van der Waals surface area contributed by atoms with E-state index in [9.17, 15) is 4.79 Å². The van der Waals surface area contributed by atoms with E-state index in [0.717, 1.165) is 10.0 Å². The average molecular weight is 322 g/mol. The fourth-order valence-corrected chi connectivity index (χ4v) is 2.08. The molecule has 0 aliphatic rings. The summed E-state index contributed by atoms with van der Waals surface area (Å²) >= 11 is 3.37. The van der Waals surface area contributed by atoms with Gasteiger partial charge in [0.2, 0.25) is 0 Å². The number of hydrogen-bond acceptors (Lipinski definition) is 3. The number of nitrogens with two attached hydrogens (primary N) is 1. The van der Waals surface area contributed by atoms with Crippen LogP contribution in [-0.4, -0.2) is 11.1 Å². The van der Waals surface area contributed by atoms with Crippen LogP contribution in [0.15, 0.2) is 40.9 Å². The minimum Gasteiger partial charge on any atom is -0.478 e. The zero-order chi connectivity index (χ0) is 14.0. The SMILES string of the molecule is Cc1cc(Br)ccc1Oc1cc(C(=O)O)ccc1N. The van der Waals surface area contributed by atoms with Gasteiger partial charge in [-0.3, -0.25) is 0 Å². The number of anilines is 1. The summed E-state index contributed by atoms with van der Waals surface area (Å²) in [7, 11) is 0. The second-order valence-electron chi connectivity index (χ2n) is 4.07. The van der Waals surface area contributed by atoms with Crippen molar-refractivity contribution in [2.75, 3.05) is 5.73 Å². The molecule has 19 heavy (non-hydrogen) atoms. The number of carboxylic acid groups (broad SMARTS) is 1. The van der Waals surface area contributed by atoms with Crippen LogP contribution < -0.4 is 10.5 Å². The van der Waals surface area contributed by atoms with Crippen LogP contribution >= 0.6 is 15.9 Å². The first-order valence-corrected chi connectivity index (χ1v) is 6.33. The number of hydrogen-bond donors (Lipinski definition) is 2. The molecule has 0 atom stereocenters. The van der Waals surface area contributed by atoms with Crippen molar-refractivity contribution in [1.82, 2.24) is 0 Å². The summed E-state index contributed by atoms with van der Waals surface area (Å²) in [6.45, 7) is 1.90. The van der Waals surface area contributed by atoms with Gasteiger partial charge in [0, 0.05) is 4.47 Å². The Bertz CT molecular complexity index is 641. The molecule has 0 heterocycles. The van der Waals surface area contributed by atoms with E-state index < -0.39 is 5.97 Å². The second-order valence-corrected chi connectivity index (χ2v) is 4.99. The molecule has 0 saturated carbocycles. The maximum Gasteiger partial charge on any atom is 0.335 e. The number of aryl methyl sites for hydroxylation is 1. The Hall–Kier alpha value is -2.01. The van der Waals surface area contributed by atoms with Crippen LogP contribution in [0.1, 0.15) is 15.9 Å². The minimum absolute atomic E-state index is 0.138. The van der Waals surface area contributed by atoms with Crippen LogP contribution in [0.2, 0.25) is 0 Å². The number of carbonyl (C=O) groups is 1. The predicted octanol–water partition coefficient (Wildman–Crippen LogP) is 3.83. The molecule has 2 rings (SSSR count). The van der Waals surface area contributed by atoms with Crippen molar-refractivity contribution in [3.05, 3.63) is 52.0 Å². The first kappa shape index (κ1) is 13.4. The molecule has 4 nitrogen and oxygen atoms in total. The van der Waals surface area contributed by atoms with Gasteiger partial charge in [0.25, 0.3) is 0 Å². The Morgan fingerprint density at radius 2 is 1.95 bits per heavy atom. The highest BCUT2D eigenvalue weighted by Gasteiger charge is 2.09. The summed E-state index contributed by atoms with van der Waals surface area (Å²) < 4.78 is 6.63. The zero-order valence-electron chi connectivity index (χ0n) is 10.2. The fraction of sp³-hybridized carbons (Fsp3) is 0.0714. The van der Waals surface area contributed by atoms with Crippen LogP contribution in [0.5, 0.6) is 11.5 Å². The number of halogens is 1. The zero-order valence-corrected chi connectivity index (χ0v) is 11.8. The summed E-state index contributed by atoms with van der Waals surface area (Å²) in [5, 5.41) is 8.95. The van der Waals surface area contributed by atoms with Crippen LogP contribution in [0.25, 0.3) is 0 Å². The molecular weight excluding hydrogens is 310 g/mol. The summed E-state index contributed by atoms with van der Waals surface area (Å²) in [6, 6.07) is 9.93. The highest BCUT2D eigenvalue weighted by Crippen LogP contribution is 2.31. The molecule has 0 radical (unpaired) electrons. The quantitative estimate of drug-likeness (QED) is 0.843. The third kappa shape index (κ3) is 3.06. The van der Waals surface area contributed by atoms with Crippen LogP contribution in [0, 0.1) is 6.92 Å². The molecule has 2 aromatic rings. The molecule has 98 valence electrons. The molecular formula is C14H12BrNO3. The Balaban J connectivity index is 2.37. The third-order valence-corrected chi connectivity index (χ3v) is 3.11. The van der Waals surface area contributed by atoms with Crippen molar-refractivity contribution < 1.29 is 14.6 Å². The van der Waals surface area contributed by atoms with Crippen molar-refractivity contribution >= 4 is 27.6 Å². The number of nitrogen functional groups attached to an aromatic ring is 1. The van der Waals surface area contributed by atoms with E-state index >= 15 is 0 Å². The van der Waals surface area contributed by atoms with Gasteiger partial charge in [-0.05, 0) is 48.9 Å². The van der Waals surface area contributed by atoms with Gasteiger partial charge in [0.15, 0.2) is 5.75 Å². The van der Waals surface area contributed by atoms with Gasteiger partial charge >= 0.3 is 5.97 Å². The van der Waals surface area contributed by atoms with Crippen molar-refractivity contribution in [3.8, 4) is 11.5 Å². The molecule has 0 amide bonds. The Kier molecular flexibility index (Phi) is 3.76. The first-order chi connectivity index (χ1) is 8.97. The lowest BCUT2D eigenvalue weighted by Crippen LogP contribution is -1.99. The summed E-state index contributed by atoms with van der Waals surface area (Å²) in [4.78, 5) is 10.9. The molecule has 0 spiro atoms. The Morgan fingerprint density at radius 3 is 2.58 bits per heavy atom. The van der Waals surface area contributed by atoms with Crippen molar-refractivity contribution in [1.29, 1.82) is 0 Å². The third-order valence-electron chi connectivity index (χ3n) is 2.62. The monoisotopic (exact) mass is 321 g/mol. The van der Waals surface area contributed by atoms with Gasteiger partial charge in [-0.2, -0.15) is 0 Å². The standard InChI is InChI=1S/C14H12BrNO3/c1-8-6-10(15)3-5-12(8)19-13-7-9(14(17)18)2-4-11(13)16/h2-7H,16H2,1H3,(H,17,18). The van der Waals surface area contributed by atoms with Gasteiger partial charge in [-0.1, -0.05) is 15.9 Å². The van der Waals surface area contributed by atoms with E-state index in [1.807, 2.05) is 19.1 Å². The lowest BCUT2D eigenvalue weighted by molar-refractivity contribution is 0.0696. The van der Waals surface area contributed by atoms with Gasteiger partial charge < -0.3 is 15.6 Å². The summed E-state index contributed by atoms with van der Waals surface area (Å²) in [5.74, 6) is -0.0415. The number of benzene rings is 2. The van der Waals surface area contributed by atoms with Crippen LogP contribution in [0.4, 0.5) is 5.69 Å². The topological polar surface area (TPSA) is 72.5 Å². The van der Waals surface area contributed by atoms with E-state index in [-0.39, 0.29) is 5.56 Å². The maximum atomic E-state index is 10.9. The van der Waals surface area contributed by atoms with Crippen molar-refractivity contribution in [2.24, 2.45) is 0 Å². The highest BCUT2D eigenvalue weighted by atomic mass is 79.9. The molecule has 2 aromatic carbocycles. The van der Waals surface area contributed by atoms with E-state index in [4.69, 9.17) is 15.6 Å². The lowest BCUT2D eigenvalue weighted by atomic mass is 10.2. The van der Waals surface area contributed by atoms with Crippen LogP contribution in [0.3, 0.4) is 0 Å². The molecule has 0 fully saturated rings. The van der Waals surface area contributed by atoms with E-state index in [2.05, 4.69) is 15.9 Å². The molecule has 0 unspecified atom stereocenters. The highest BCUT2D eigenvalue weighted by molar-refractivity contribution is 9.10. The number of ether oxygens (including phenoxy) is 1. The molecule has 3 N–H and O–H groups in total. The fourth-order valence-electron chi connectivity index (χ4n) is 1.60. The molecule has 0 aliphatic heterocycles. The molecule has 0 saturated heterocycles. The van der Waals surface area contributed by atoms with Crippen LogP contribution in [-0.2, 0) is 0 Å². The van der Waals surface area contributed by atoms with Gasteiger partial charge in [-0.15, -0.1) is 0 Å². The first-order valence-electron chi connectivity index (χ1n) is 5.54. The molecule has 0 bridgehead atoms. The summed E-state index contributed by atoms with van der Waals surface area (Å²) in [6.07, 6.45) is 0. The van der Waals surface area contributed by atoms with Gasteiger partial charge in [-0.25, -0.2) is 4.79 Å². The Morgan fingerprint density at radius 1 is 1.21 bits per heavy atom. The normalized spacial score (nSPS) is 10.2. The van der Waals surface area contributed by atoms with Gasteiger partial charge in [0.1, 0.15) is 5.75 Å². The average Bonchev–Trinajstić information content (AvgIpc) is 2.34.